The molecule has 0 unspecified atom stereocenters. The van der Waals surface area contributed by atoms with Crippen LogP contribution in [0.25, 0.3) is 0 Å². The maximum Gasteiger partial charge on any atom is 0.544 e. The van der Waals surface area contributed by atoms with Crippen LogP contribution < -0.4 is 5.06 Å². The molecule has 0 heterocycles. The summed E-state index contributed by atoms with van der Waals surface area (Å²) in [6, 6.07) is 5.67. The second kappa shape index (κ2) is 4.84. The van der Waals surface area contributed by atoms with E-state index in [4.69, 9.17) is 0 Å². The third-order valence-electron chi connectivity index (χ3n) is 1.54. The molecule has 0 aromatic heterocycles. The van der Waals surface area contributed by atoms with Gasteiger partial charge in [0.1, 0.15) is 0 Å². The van der Waals surface area contributed by atoms with E-state index in [1.807, 2.05) is 0 Å². The molecule has 16 heavy (non-hydrogen) atoms. The van der Waals surface area contributed by atoms with Crippen LogP contribution in [0.5, 0.6) is 0 Å². The minimum absolute atomic E-state index is 0.00743. The Balaban J connectivity index is 2.94. The van der Waals surface area contributed by atoms with Crippen LogP contribution in [-0.2, 0) is 9.63 Å². The predicted molar refractivity (Wildman–Crippen MR) is 54.4 cm³/mol. The van der Waals surface area contributed by atoms with E-state index in [2.05, 4.69) is 20.8 Å². The van der Waals surface area contributed by atoms with Gasteiger partial charge in [-0.1, -0.05) is 15.9 Å². The Kier molecular flexibility index (Phi) is 3.93. The van der Waals surface area contributed by atoms with Gasteiger partial charge in [-0.2, -0.15) is 9.90 Å². The Labute approximate surface area is 97.9 Å². The number of amides is 1. The van der Waals surface area contributed by atoms with Crippen molar-refractivity contribution in [2.45, 2.75) is 13.3 Å². The molecule has 0 saturated carbocycles. The van der Waals surface area contributed by atoms with E-state index in [1.165, 1.54) is 24.3 Å². The summed E-state index contributed by atoms with van der Waals surface area (Å²) in [7, 11) is 0. The normalized spacial score (nSPS) is 11.3. The lowest BCUT2D eigenvalue weighted by Crippen LogP contribution is -2.35. The van der Waals surface area contributed by atoms with E-state index < -0.39 is 12.3 Å². The van der Waals surface area contributed by atoms with Crippen molar-refractivity contribution < 1.29 is 22.8 Å². The van der Waals surface area contributed by atoms with E-state index in [0.29, 0.717) is 4.47 Å². The van der Waals surface area contributed by atoms with Gasteiger partial charge in [0.25, 0.3) is 0 Å². The molecule has 1 aromatic rings. The van der Waals surface area contributed by atoms with Crippen LogP contribution in [0.3, 0.4) is 0 Å². The molecule has 0 spiro atoms. The van der Waals surface area contributed by atoms with Gasteiger partial charge in [0, 0.05) is 11.4 Å². The van der Waals surface area contributed by atoms with Crippen LogP contribution >= 0.6 is 15.9 Å². The molecule has 3 nitrogen and oxygen atoms in total. The van der Waals surface area contributed by atoms with Gasteiger partial charge in [-0.3, -0.25) is 4.79 Å². The van der Waals surface area contributed by atoms with Crippen molar-refractivity contribution in [3.63, 3.8) is 0 Å². The first-order valence-corrected chi connectivity index (χ1v) is 4.91. The van der Waals surface area contributed by atoms with E-state index in [0.717, 1.165) is 6.92 Å². The molecular weight excluding hydrogens is 291 g/mol. The van der Waals surface area contributed by atoms with Gasteiger partial charge in [-0.05, 0) is 24.3 Å². The lowest BCUT2D eigenvalue weighted by molar-refractivity contribution is -0.327. The molecule has 0 atom stereocenters. The summed E-state index contributed by atoms with van der Waals surface area (Å²) >= 11 is 3.13. The molecule has 0 aliphatic carbocycles. The topological polar surface area (TPSA) is 29.5 Å². The summed E-state index contributed by atoms with van der Waals surface area (Å²) in [5, 5.41) is 0.187. The molecular formula is C9H7BrF3NO2. The zero-order chi connectivity index (χ0) is 12.3. The van der Waals surface area contributed by atoms with Crippen LogP contribution in [0.1, 0.15) is 6.92 Å². The summed E-state index contributed by atoms with van der Waals surface area (Å²) in [6.45, 7) is 0.980. The number of carbonyl (C=O) groups excluding carboxylic acids is 1. The Morgan fingerprint density at radius 2 is 1.81 bits per heavy atom. The fraction of sp³-hybridized carbons (Fsp3) is 0.222. The summed E-state index contributed by atoms with van der Waals surface area (Å²) in [6.07, 6.45) is -4.90. The minimum Gasteiger partial charge on any atom is -0.273 e. The SMILES string of the molecule is CC(=O)N(OC(F)(F)F)c1ccc(Br)cc1. The van der Waals surface area contributed by atoms with E-state index in [9.17, 15) is 18.0 Å². The van der Waals surface area contributed by atoms with Gasteiger partial charge >= 0.3 is 6.36 Å². The van der Waals surface area contributed by atoms with Crippen LogP contribution in [0.4, 0.5) is 18.9 Å². The van der Waals surface area contributed by atoms with E-state index in [1.54, 1.807) is 0 Å². The summed E-state index contributed by atoms with van der Waals surface area (Å²) in [4.78, 5) is 14.6. The Morgan fingerprint density at radius 3 is 2.19 bits per heavy atom. The third kappa shape index (κ3) is 3.82. The smallest absolute Gasteiger partial charge is 0.273 e. The number of alkyl halides is 3. The monoisotopic (exact) mass is 297 g/mol. The zero-order valence-corrected chi connectivity index (χ0v) is 9.67. The van der Waals surface area contributed by atoms with Crippen molar-refractivity contribution in [1.29, 1.82) is 0 Å². The van der Waals surface area contributed by atoms with Gasteiger partial charge in [-0.25, -0.2) is 0 Å². The molecule has 1 amide bonds. The fourth-order valence-corrected chi connectivity index (χ4v) is 1.24. The van der Waals surface area contributed by atoms with Gasteiger partial charge in [0.2, 0.25) is 5.91 Å². The van der Waals surface area contributed by atoms with Crippen LogP contribution in [0, 0.1) is 0 Å². The Bertz CT molecular complexity index is 377. The van der Waals surface area contributed by atoms with Crippen LogP contribution in [-0.4, -0.2) is 12.3 Å². The van der Waals surface area contributed by atoms with Gasteiger partial charge in [0.15, 0.2) is 0 Å². The van der Waals surface area contributed by atoms with Crippen LogP contribution in [0.15, 0.2) is 28.7 Å². The van der Waals surface area contributed by atoms with E-state index in [-0.39, 0.29) is 10.8 Å². The highest BCUT2D eigenvalue weighted by molar-refractivity contribution is 9.10. The number of hydroxylamine groups is 1. The maximum atomic E-state index is 12.0. The third-order valence-corrected chi connectivity index (χ3v) is 2.07. The average molecular weight is 298 g/mol. The molecule has 0 bridgehead atoms. The van der Waals surface area contributed by atoms with Gasteiger partial charge < -0.3 is 0 Å². The summed E-state index contributed by atoms with van der Waals surface area (Å²) in [5.74, 6) is -0.861. The highest BCUT2D eigenvalue weighted by atomic mass is 79.9. The lowest BCUT2D eigenvalue weighted by Gasteiger charge is -2.21. The molecule has 7 heteroatoms. The van der Waals surface area contributed by atoms with Crippen LogP contribution in [0.2, 0.25) is 0 Å². The molecule has 88 valence electrons. The Morgan fingerprint density at radius 1 is 1.31 bits per heavy atom. The summed E-state index contributed by atoms with van der Waals surface area (Å²) in [5.41, 5.74) is 0.00743. The number of nitrogens with zero attached hydrogens (tertiary/aromatic N) is 1. The van der Waals surface area contributed by atoms with Gasteiger partial charge in [-0.15, -0.1) is 13.2 Å². The maximum absolute atomic E-state index is 12.0. The summed E-state index contributed by atoms with van der Waals surface area (Å²) < 4.78 is 36.7. The number of hydrogen-bond acceptors (Lipinski definition) is 2. The number of hydrogen-bond donors (Lipinski definition) is 0. The van der Waals surface area contributed by atoms with Crippen molar-refractivity contribution in [1.82, 2.24) is 0 Å². The lowest BCUT2D eigenvalue weighted by atomic mass is 10.3. The first kappa shape index (κ1) is 13.0. The molecule has 1 aromatic carbocycles. The molecule has 1 rings (SSSR count). The number of benzene rings is 1. The number of anilines is 1. The Hall–Kier alpha value is -1.08. The number of rotatable bonds is 2. The van der Waals surface area contributed by atoms with E-state index >= 15 is 0 Å². The minimum atomic E-state index is -4.90. The molecule has 0 saturated heterocycles. The molecule has 0 fully saturated rings. The van der Waals surface area contributed by atoms with Gasteiger partial charge in [0.05, 0.1) is 5.69 Å². The predicted octanol–water partition coefficient (Wildman–Crippen LogP) is 3.25. The van der Waals surface area contributed by atoms with Crippen molar-refractivity contribution in [2.24, 2.45) is 0 Å². The first-order valence-electron chi connectivity index (χ1n) is 4.12. The molecule has 0 radical (unpaired) electrons. The highest BCUT2D eigenvalue weighted by Gasteiger charge is 2.35. The second-order valence-corrected chi connectivity index (χ2v) is 3.74. The second-order valence-electron chi connectivity index (χ2n) is 2.83. The highest BCUT2D eigenvalue weighted by Crippen LogP contribution is 2.25. The average Bonchev–Trinajstić information content (AvgIpc) is 2.14. The molecule has 0 aliphatic rings. The van der Waals surface area contributed by atoms with Crippen molar-refractivity contribution >= 4 is 27.5 Å². The largest absolute Gasteiger partial charge is 0.544 e. The van der Waals surface area contributed by atoms with Crippen molar-refractivity contribution in [3.8, 4) is 0 Å². The van der Waals surface area contributed by atoms with Crippen molar-refractivity contribution in [3.05, 3.63) is 28.7 Å². The van der Waals surface area contributed by atoms with Crippen molar-refractivity contribution in [2.75, 3.05) is 5.06 Å². The molecule has 0 aliphatic heterocycles. The quantitative estimate of drug-likeness (QED) is 0.784. The number of carbonyl (C=O) groups is 1. The standard InChI is InChI=1S/C9H7BrF3NO2/c1-6(15)14(16-9(11,12)13)8-4-2-7(10)3-5-8/h2-5H,1H3. The molecule has 0 N–H and O–H groups in total. The first-order chi connectivity index (χ1) is 7.29. The number of halogens is 4. The fourth-order valence-electron chi connectivity index (χ4n) is 0.979. The zero-order valence-electron chi connectivity index (χ0n) is 8.08.